The zero-order valence-corrected chi connectivity index (χ0v) is 21.3. The van der Waals surface area contributed by atoms with Crippen molar-refractivity contribution in [2.75, 3.05) is 5.32 Å². The molecule has 1 heterocycles. The first-order valence-electron chi connectivity index (χ1n) is 11.6. The van der Waals surface area contributed by atoms with Crippen molar-refractivity contribution in [3.8, 4) is 0 Å². The Morgan fingerprint density at radius 3 is 2.16 bits per heavy atom. The lowest BCUT2D eigenvalue weighted by Gasteiger charge is -2.22. The van der Waals surface area contributed by atoms with Gasteiger partial charge in [0, 0.05) is 28.7 Å². The molecule has 1 aliphatic heterocycles. The second-order valence-electron chi connectivity index (χ2n) is 8.57. The van der Waals surface area contributed by atoms with Gasteiger partial charge in [-0.1, -0.05) is 58.4 Å². The molecule has 190 valence electrons. The van der Waals surface area contributed by atoms with Gasteiger partial charge in [0.15, 0.2) is 0 Å². The average molecular weight is 565 g/mol. The Morgan fingerprint density at radius 2 is 1.51 bits per heavy atom. The lowest BCUT2D eigenvalue weighted by Crippen LogP contribution is -2.35. The summed E-state index contributed by atoms with van der Waals surface area (Å²) < 4.78 is 0.907. The fraction of sp³-hybridized carbons (Fsp3) is 0.185. The number of halogens is 1. The molecule has 0 bridgehead atoms. The highest BCUT2D eigenvalue weighted by molar-refractivity contribution is 9.10. The lowest BCUT2D eigenvalue weighted by molar-refractivity contribution is -0.129. The number of hydrogen-bond acceptors (Lipinski definition) is 5. The number of urea groups is 1. The van der Waals surface area contributed by atoms with Crippen molar-refractivity contribution < 1.29 is 24.4 Å². The smallest absolute Gasteiger partial charge is 0.326 e. The van der Waals surface area contributed by atoms with E-state index in [1.165, 1.54) is 34.1 Å². The summed E-state index contributed by atoms with van der Waals surface area (Å²) >= 11 is 3.40. The standard InChI is InChI=1S/C27H25BrN4O5/c28-21-10-6-19(7-11-21)16-31-23(26(35)32(27(31)36)17-18-4-2-1-3-5-18)14-15-24(33)29-22-12-8-20(9-13-22)25(34)30-37/h1-13,23,37H,14-17H2,(H,29,33)(H,30,34). The van der Waals surface area contributed by atoms with Gasteiger partial charge in [-0.05, 0) is 53.9 Å². The number of nitrogens with zero attached hydrogens (tertiary/aromatic N) is 2. The molecule has 0 aliphatic carbocycles. The number of anilines is 1. The SMILES string of the molecule is O=C(CCC1C(=O)N(Cc2ccccc2)C(=O)N1Cc1ccc(Br)cc1)Nc1ccc(C(=O)NO)cc1. The molecular weight excluding hydrogens is 540 g/mol. The number of hydroxylamine groups is 1. The van der Waals surface area contributed by atoms with Crippen LogP contribution in [-0.4, -0.2) is 44.8 Å². The molecule has 10 heteroatoms. The van der Waals surface area contributed by atoms with Crippen LogP contribution in [-0.2, 0) is 22.7 Å². The lowest BCUT2D eigenvalue weighted by atomic mass is 10.1. The normalized spacial score (nSPS) is 15.1. The van der Waals surface area contributed by atoms with E-state index in [1.807, 2.05) is 54.6 Å². The fourth-order valence-corrected chi connectivity index (χ4v) is 4.38. The molecule has 0 radical (unpaired) electrons. The van der Waals surface area contributed by atoms with Gasteiger partial charge in [-0.2, -0.15) is 0 Å². The van der Waals surface area contributed by atoms with Crippen molar-refractivity contribution in [1.29, 1.82) is 0 Å². The van der Waals surface area contributed by atoms with Gasteiger partial charge in [-0.25, -0.2) is 10.3 Å². The molecule has 9 nitrogen and oxygen atoms in total. The van der Waals surface area contributed by atoms with Crippen molar-refractivity contribution in [2.24, 2.45) is 0 Å². The maximum Gasteiger partial charge on any atom is 0.328 e. The summed E-state index contributed by atoms with van der Waals surface area (Å²) in [5.41, 5.74) is 3.95. The minimum absolute atomic E-state index is 0.0125. The molecule has 3 aromatic rings. The van der Waals surface area contributed by atoms with Gasteiger partial charge in [0.25, 0.3) is 11.8 Å². The van der Waals surface area contributed by atoms with Gasteiger partial charge >= 0.3 is 6.03 Å². The Labute approximate surface area is 222 Å². The van der Waals surface area contributed by atoms with E-state index in [9.17, 15) is 19.2 Å². The summed E-state index contributed by atoms with van der Waals surface area (Å²) in [6, 6.07) is 21.6. The van der Waals surface area contributed by atoms with Crippen LogP contribution in [0.3, 0.4) is 0 Å². The van der Waals surface area contributed by atoms with Gasteiger partial charge in [0.2, 0.25) is 5.91 Å². The minimum atomic E-state index is -0.777. The predicted molar refractivity (Wildman–Crippen MR) is 139 cm³/mol. The molecule has 1 unspecified atom stereocenters. The molecule has 1 aliphatic rings. The first kappa shape index (κ1) is 26.1. The van der Waals surface area contributed by atoms with E-state index in [0.29, 0.717) is 5.69 Å². The molecular formula is C27H25BrN4O5. The number of imide groups is 1. The minimum Gasteiger partial charge on any atom is -0.326 e. The van der Waals surface area contributed by atoms with Gasteiger partial charge in [-0.3, -0.25) is 24.5 Å². The highest BCUT2D eigenvalue weighted by atomic mass is 79.9. The average Bonchev–Trinajstić information content (AvgIpc) is 3.13. The van der Waals surface area contributed by atoms with E-state index in [0.717, 1.165) is 15.6 Å². The molecule has 1 atom stereocenters. The maximum atomic E-state index is 13.3. The summed E-state index contributed by atoms with van der Waals surface area (Å²) in [5.74, 6) is -1.32. The van der Waals surface area contributed by atoms with Crippen LogP contribution >= 0.6 is 15.9 Å². The highest BCUT2D eigenvalue weighted by Gasteiger charge is 2.44. The zero-order valence-electron chi connectivity index (χ0n) is 19.8. The zero-order chi connectivity index (χ0) is 26.4. The molecule has 1 fully saturated rings. The third kappa shape index (κ3) is 6.41. The predicted octanol–water partition coefficient (Wildman–Crippen LogP) is 4.32. The number of nitrogens with one attached hydrogen (secondary N) is 2. The van der Waals surface area contributed by atoms with Gasteiger partial charge < -0.3 is 10.2 Å². The topological polar surface area (TPSA) is 119 Å². The Kier molecular flexibility index (Phi) is 8.32. The van der Waals surface area contributed by atoms with Crippen LogP contribution in [0.15, 0.2) is 83.3 Å². The number of amides is 5. The fourth-order valence-electron chi connectivity index (χ4n) is 4.11. The molecule has 0 aromatic heterocycles. The molecule has 0 spiro atoms. The number of rotatable bonds is 9. The van der Waals surface area contributed by atoms with Crippen molar-refractivity contribution in [3.63, 3.8) is 0 Å². The van der Waals surface area contributed by atoms with Gasteiger partial charge in [0.1, 0.15) is 6.04 Å². The molecule has 0 saturated carbocycles. The van der Waals surface area contributed by atoms with Crippen LogP contribution in [0.5, 0.6) is 0 Å². The molecule has 3 N–H and O–H groups in total. The van der Waals surface area contributed by atoms with Crippen LogP contribution < -0.4 is 10.8 Å². The molecule has 3 aromatic carbocycles. The maximum absolute atomic E-state index is 13.3. The Morgan fingerprint density at radius 1 is 0.865 bits per heavy atom. The van der Waals surface area contributed by atoms with E-state index >= 15 is 0 Å². The monoisotopic (exact) mass is 564 g/mol. The van der Waals surface area contributed by atoms with Crippen LogP contribution in [0.25, 0.3) is 0 Å². The number of benzene rings is 3. The van der Waals surface area contributed by atoms with Crippen LogP contribution in [0.1, 0.15) is 34.3 Å². The van der Waals surface area contributed by atoms with Crippen LogP contribution in [0.2, 0.25) is 0 Å². The summed E-state index contributed by atoms with van der Waals surface area (Å²) in [5, 5.41) is 11.4. The van der Waals surface area contributed by atoms with Crippen LogP contribution in [0.4, 0.5) is 10.5 Å². The van der Waals surface area contributed by atoms with Crippen molar-refractivity contribution in [1.82, 2.24) is 15.3 Å². The van der Waals surface area contributed by atoms with E-state index < -0.39 is 11.9 Å². The third-order valence-corrected chi connectivity index (χ3v) is 6.56. The number of carbonyl (C=O) groups is 4. The second kappa shape index (κ2) is 11.8. The Bertz CT molecular complexity index is 1280. The largest absolute Gasteiger partial charge is 0.328 e. The summed E-state index contributed by atoms with van der Waals surface area (Å²) in [6.45, 7) is 0.398. The highest BCUT2D eigenvalue weighted by Crippen LogP contribution is 2.26. The first-order valence-corrected chi connectivity index (χ1v) is 12.4. The van der Waals surface area contributed by atoms with E-state index in [1.54, 1.807) is 5.48 Å². The van der Waals surface area contributed by atoms with Crippen molar-refractivity contribution in [3.05, 3.63) is 100 Å². The quantitative estimate of drug-likeness (QED) is 0.203. The van der Waals surface area contributed by atoms with E-state index in [-0.39, 0.29) is 49.3 Å². The van der Waals surface area contributed by atoms with Gasteiger partial charge in [0.05, 0.1) is 6.54 Å². The third-order valence-electron chi connectivity index (χ3n) is 6.03. The molecule has 37 heavy (non-hydrogen) atoms. The van der Waals surface area contributed by atoms with Gasteiger partial charge in [-0.15, -0.1) is 0 Å². The molecule has 4 rings (SSSR count). The molecule has 1 saturated heterocycles. The first-order chi connectivity index (χ1) is 17.9. The Hall–Kier alpha value is -4.02. The summed E-state index contributed by atoms with van der Waals surface area (Å²) in [7, 11) is 0. The van der Waals surface area contributed by atoms with Crippen molar-refractivity contribution >= 4 is 45.4 Å². The number of hydrogen-bond donors (Lipinski definition) is 3. The molecule has 5 amide bonds. The summed E-state index contributed by atoms with van der Waals surface area (Å²) in [6.07, 6.45) is 0.168. The summed E-state index contributed by atoms with van der Waals surface area (Å²) in [4.78, 5) is 53.5. The van der Waals surface area contributed by atoms with E-state index in [2.05, 4.69) is 21.2 Å². The Balaban J connectivity index is 1.46. The van der Waals surface area contributed by atoms with E-state index in [4.69, 9.17) is 5.21 Å². The number of carbonyl (C=O) groups excluding carboxylic acids is 4. The second-order valence-corrected chi connectivity index (χ2v) is 9.48. The van der Waals surface area contributed by atoms with Crippen LogP contribution in [0, 0.1) is 0 Å². The van der Waals surface area contributed by atoms with Crippen molar-refractivity contribution in [2.45, 2.75) is 32.0 Å².